The molecule has 0 aliphatic carbocycles. The van der Waals surface area contributed by atoms with Gasteiger partial charge in [-0.2, -0.15) is 0 Å². The van der Waals surface area contributed by atoms with E-state index in [1.54, 1.807) is 6.07 Å². The van der Waals surface area contributed by atoms with Gasteiger partial charge in [0.05, 0.1) is 4.47 Å². The first-order chi connectivity index (χ1) is 9.95. The Balaban J connectivity index is 2.12. The lowest BCUT2D eigenvalue weighted by atomic mass is 10.2. The lowest BCUT2D eigenvalue weighted by Gasteiger charge is -2.12. The van der Waals surface area contributed by atoms with Crippen molar-refractivity contribution in [3.8, 4) is 11.6 Å². The second-order valence-electron chi connectivity index (χ2n) is 5.11. The number of aromatic nitrogens is 1. The van der Waals surface area contributed by atoms with Crippen LogP contribution in [0.4, 0.5) is 4.39 Å². The monoisotopic (exact) mass is 352 g/mol. The Morgan fingerprint density at radius 1 is 1.29 bits per heavy atom. The van der Waals surface area contributed by atoms with E-state index in [2.05, 4.69) is 40.1 Å². The fourth-order valence-corrected chi connectivity index (χ4v) is 2.23. The number of benzene rings is 1. The van der Waals surface area contributed by atoms with Gasteiger partial charge in [-0.25, -0.2) is 9.37 Å². The van der Waals surface area contributed by atoms with Gasteiger partial charge in [-0.1, -0.05) is 19.9 Å². The third-order valence-corrected chi connectivity index (χ3v) is 3.60. The maximum absolute atomic E-state index is 13.0. The second kappa shape index (κ2) is 7.00. The smallest absolute Gasteiger partial charge is 0.219 e. The highest BCUT2D eigenvalue weighted by Gasteiger charge is 2.07. The van der Waals surface area contributed by atoms with Gasteiger partial charge in [0.2, 0.25) is 5.88 Å². The number of halogens is 2. The first-order valence-corrected chi connectivity index (χ1v) is 7.58. The molecular formula is C16H18BrFN2O. The summed E-state index contributed by atoms with van der Waals surface area (Å²) in [7, 11) is 0. The average Bonchev–Trinajstić information content (AvgIpc) is 2.41. The fraction of sp³-hybridized carbons (Fsp3) is 0.312. The minimum Gasteiger partial charge on any atom is -0.438 e. The first-order valence-electron chi connectivity index (χ1n) is 6.78. The van der Waals surface area contributed by atoms with E-state index in [4.69, 9.17) is 4.74 Å². The van der Waals surface area contributed by atoms with Gasteiger partial charge in [-0.15, -0.1) is 0 Å². The van der Waals surface area contributed by atoms with Gasteiger partial charge in [0.15, 0.2) is 0 Å². The minimum atomic E-state index is -0.312. The predicted molar refractivity (Wildman–Crippen MR) is 85.1 cm³/mol. The molecule has 112 valence electrons. The number of hydrogen-bond acceptors (Lipinski definition) is 3. The lowest BCUT2D eigenvalue weighted by molar-refractivity contribution is 0.456. The van der Waals surface area contributed by atoms with E-state index in [0.717, 1.165) is 17.8 Å². The van der Waals surface area contributed by atoms with Gasteiger partial charge in [0.25, 0.3) is 0 Å². The van der Waals surface area contributed by atoms with Crippen LogP contribution in [0.1, 0.15) is 25.1 Å². The van der Waals surface area contributed by atoms with Crippen molar-refractivity contribution in [1.29, 1.82) is 0 Å². The molecular weight excluding hydrogens is 335 g/mol. The molecule has 0 saturated carbocycles. The molecule has 0 aliphatic heterocycles. The van der Waals surface area contributed by atoms with Gasteiger partial charge in [0.1, 0.15) is 11.6 Å². The second-order valence-corrected chi connectivity index (χ2v) is 5.96. The van der Waals surface area contributed by atoms with Crippen molar-refractivity contribution in [3.05, 3.63) is 51.9 Å². The number of hydrogen-bond donors (Lipinski definition) is 1. The van der Waals surface area contributed by atoms with Crippen LogP contribution in [0.3, 0.4) is 0 Å². The van der Waals surface area contributed by atoms with E-state index in [1.807, 2.05) is 19.1 Å². The molecule has 0 unspecified atom stereocenters. The molecule has 0 atom stereocenters. The summed E-state index contributed by atoms with van der Waals surface area (Å²) in [5.41, 5.74) is 2.05. The van der Waals surface area contributed by atoms with E-state index in [0.29, 0.717) is 22.1 Å². The topological polar surface area (TPSA) is 34.1 Å². The average molecular weight is 353 g/mol. The van der Waals surface area contributed by atoms with E-state index in [9.17, 15) is 4.39 Å². The number of pyridine rings is 1. The Kier molecular flexibility index (Phi) is 5.31. The Hall–Kier alpha value is -1.46. The molecule has 2 aromatic rings. The molecule has 1 N–H and O–H groups in total. The van der Waals surface area contributed by atoms with Crippen LogP contribution < -0.4 is 10.1 Å². The summed E-state index contributed by atoms with van der Waals surface area (Å²) in [6.07, 6.45) is 0. The van der Waals surface area contributed by atoms with E-state index >= 15 is 0 Å². The Labute approximate surface area is 132 Å². The molecule has 0 fully saturated rings. The van der Waals surface area contributed by atoms with Gasteiger partial charge in [0, 0.05) is 24.3 Å². The van der Waals surface area contributed by atoms with E-state index in [1.165, 1.54) is 12.1 Å². The molecule has 0 saturated heterocycles. The molecule has 0 spiro atoms. The molecule has 0 amide bonds. The van der Waals surface area contributed by atoms with Gasteiger partial charge < -0.3 is 10.1 Å². The molecule has 21 heavy (non-hydrogen) atoms. The van der Waals surface area contributed by atoms with E-state index < -0.39 is 0 Å². The Morgan fingerprint density at radius 3 is 2.67 bits per heavy atom. The van der Waals surface area contributed by atoms with Crippen LogP contribution in [-0.4, -0.2) is 11.0 Å². The van der Waals surface area contributed by atoms with Crippen molar-refractivity contribution in [1.82, 2.24) is 10.3 Å². The van der Waals surface area contributed by atoms with Crippen molar-refractivity contribution in [3.63, 3.8) is 0 Å². The number of rotatable bonds is 5. The summed E-state index contributed by atoms with van der Waals surface area (Å²) in [5.74, 6) is 0.720. The molecule has 0 radical (unpaired) electrons. The molecule has 3 nitrogen and oxygen atoms in total. The molecule has 5 heteroatoms. The molecule has 2 rings (SSSR count). The summed E-state index contributed by atoms with van der Waals surface area (Å²) in [6.45, 7) is 6.93. The van der Waals surface area contributed by atoms with Crippen molar-refractivity contribution in [2.45, 2.75) is 33.4 Å². The fourth-order valence-electron chi connectivity index (χ4n) is 1.80. The third-order valence-electron chi connectivity index (χ3n) is 2.98. The van der Waals surface area contributed by atoms with Crippen LogP contribution in [0.5, 0.6) is 11.6 Å². The molecule has 1 heterocycles. The number of nitrogens with zero attached hydrogens (tertiary/aromatic N) is 1. The van der Waals surface area contributed by atoms with E-state index in [-0.39, 0.29) is 5.82 Å². The van der Waals surface area contributed by atoms with Crippen molar-refractivity contribution in [2.75, 3.05) is 0 Å². The van der Waals surface area contributed by atoms with Crippen LogP contribution in [0.2, 0.25) is 0 Å². The first kappa shape index (κ1) is 15.9. The zero-order valence-electron chi connectivity index (χ0n) is 12.3. The number of aryl methyl sites for hydroxylation is 1. The SMILES string of the molecule is Cc1nc(Oc2ccc(F)cc2Br)ccc1CNC(C)C. The van der Waals surface area contributed by atoms with Crippen molar-refractivity contribution < 1.29 is 9.13 Å². The Bertz CT molecular complexity index is 632. The van der Waals surface area contributed by atoms with Gasteiger partial charge in [-0.3, -0.25) is 0 Å². The molecule has 1 aromatic carbocycles. The predicted octanol–water partition coefficient (Wildman–Crippen LogP) is 4.58. The number of nitrogens with one attached hydrogen (secondary N) is 1. The van der Waals surface area contributed by atoms with Crippen LogP contribution in [0.25, 0.3) is 0 Å². The molecule has 0 aliphatic rings. The summed E-state index contributed by atoms with van der Waals surface area (Å²) in [5, 5.41) is 3.36. The maximum Gasteiger partial charge on any atom is 0.219 e. The van der Waals surface area contributed by atoms with Gasteiger partial charge in [-0.05, 0) is 46.6 Å². The summed E-state index contributed by atoms with van der Waals surface area (Å²) in [6, 6.07) is 8.53. The standard InChI is InChI=1S/C16H18BrFN2O/c1-10(2)19-9-12-4-7-16(20-11(12)3)21-15-6-5-13(18)8-14(15)17/h4-8,10,19H,9H2,1-3H3. The normalized spacial score (nSPS) is 11.0. The highest BCUT2D eigenvalue weighted by atomic mass is 79.9. The van der Waals surface area contributed by atoms with Gasteiger partial charge >= 0.3 is 0 Å². The molecule has 0 bridgehead atoms. The largest absolute Gasteiger partial charge is 0.438 e. The zero-order valence-corrected chi connectivity index (χ0v) is 13.9. The quantitative estimate of drug-likeness (QED) is 0.854. The highest BCUT2D eigenvalue weighted by molar-refractivity contribution is 9.10. The summed E-state index contributed by atoms with van der Waals surface area (Å²) >= 11 is 3.28. The lowest BCUT2D eigenvalue weighted by Crippen LogP contribution is -2.22. The number of ether oxygens (including phenoxy) is 1. The molecule has 1 aromatic heterocycles. The maximum atomic E-state index is 13.0. The summed E-state index contributed by atoms with van der Waals surface area (Å²) < 4.78 is 19.3. The van der Waals surface area contributed by atoms with Crippen molar-refractivity contribution in [2.24, 2.45) is 0 Å². The Morgan fingerprint density at radius 2 is 2.05 bits per heavy atom. The summed E-state index contributed by atoms with van der Waals surface area (Å²) in [4.78, 5) is 4.43. The van der Waals surface area contributed by atoms with Crippen molar-refractivity contribution >= 4 is 15.9 Å². The zero-order chi connectivity index (χ0) is 15.4. The highest BCUT2D eigenvalue weighted by Crippen LogP contribution is 2.29. The van der Waals surface area contributed by atoms with Crippen LogP contribution >= 0.6 is 15.9 Å². The minimum absolute atomic E-state index is 0.312. The van der Waals surface area contributed by atoms with Crippen LogP contribution in [0.15, 0.2) is 34.8 Å². The third kappa shape index (κ3) is 4.51. The van der Waals surface area contributed by atoms with Crippen LogP contribution in [0, 0.1) is 12.7 Å². The van der Waals surface area contributed by atoms with Crippen LogP contribution in [-0.2, 0) is 6.54 Å².